The Bertz CT molecular complexity index is 755. The molecule has 0 spiro atoms. The Kier molecular flexibility index (Phi) is 5.52. The first-order valence-corrected chi connectivity index (χ1v) is 8.73. The van der Waals surface area contributed by atoms with Crippen LogP contribution >= 0.6 is 0 Å². The monoisotopic (exact) mass is 333 g/mol. The van der Waals surface area contributed by atoms with Gasteiger partial charge in [-0.1, -0.05) is 48.0 Å². The largest absolute Gasteiger partial charge is 0.465 e. The summed E-state index contributed by atoms with van der Waals surface area (Å²) in [6.45, 7) is 3.72. The van der Waals surface area contributed by atoms with Crippen LogP contribution < -0.4 is 4.72 Å². The van der Waals surface area contributed by atoms with Gasteiger partial charge in [0, 0.05) is 0 Å². The first-order chi connectivity index (χ1) is 10.9. The molecule has 0 saturated heterocycles. The molecule has 0 aromatic heterocycles. The molecule has 0 aliphatic rings. The third-order valence-corrected chi connectivity index (χ3v) is 4.70. The van der Waals surface area contributed by atoms with Crippen LogP contribution in [0.15, 0.2) is 59.5 Å². The Morgan fingerprint density at radius 3 is 2.26 bits per heavy atom. The molecule has 0 heterocycles. The summed E-state index contributed by atoms with van der Waals surface area (Å²) in [6, 6.07) is 14.0. The average Bonchev–Trinajstić information content (AvgIpc) is 2.54. The lowest BCUT2D eigenvalue weighted by atomic mass is 10.1. The normalized spacial score (nSPS) is 12.6. The summed E-state index contributed by atoms with van der Waals surface area (Å²) in [5, 5.41) is 0. The van der Waals surface area contributed by atoms with Crippen molar-refractivity contribution < 1.29 is 17.9 Å². The van der Waals surface area contributed by atoms with Crippen molar-refractivity contribution in [1.29, 1.82) is 0 Å². The van der Waals surface area contributed by atoms with Gasteiger partial charge in [-0.15, -0.1) is 0 Å². The van der Waals surface area contributed by atoms with Gasteiger partial charge in [-0.3, -0.25) is 0 Å². The Morgan fingerprint density at radius 2 is 1.70 bits per heavy atom. The van der Waals surface area contributed by atoms with Gasteiger partial charge >= 0.3 is 5.97 Å². The maximum Gasteiger partial charge on any atom is 0.328 e. The van der Waals surface area contributed by atoms with E-state index in [2.05, 4.69) is 4.72 Å². The number of hydrogen-bond acceptors (Lipinski definition) is 4. The Morgan fingerprint density at radius 1 is 1.09 bits per heavy atom. The van der Waals surface area contributed by atoms with Crippen LogP contribution in [0, 0.1) is 6.92 Å². The lowest BCUT2D eigenvalue weighted by Crippen LogP contribution is -2.35. The zero-order valence-electron chi connectivity index (χ0n) is 13.0. The van der Waals surface area contributed by atoms with Gasteiger partial charge in [0.2, 0.25) is 10.0 Å². The van der Waals surface area contributed by atoms with Gasteiger partial charge in [0.15, 0.2) is 0 Å². The van der Waals surface area contributed by atoms with E-state index < -0.39 is 22.0 Å². The van der Waals surface area contributed by atoms with E-state index in [0.717, 1.165) is 5.56 Å². The summed E-state index contributed by atoms with van der Waals surface area (Å²) in [6.07, 6.45) is 0. The predicted octanol–water partition coefficient (Wildman–Crippen LogP) is 2.58. The van der Waals surface area contributed by atoms with Crippen molar-refractivity contribution in [3.63, 3.8) is 0 Å². The van der Waals surface area contributed by atoms with Crippen LogP contribution in [0.4, 0.5) is 0 Å². The van der Waals surface area contributed by atoms with Gasteiger partial charge in [-0.2, -0.15) is 4.72 Å². The molecule has 0 amide bonds. The molecule has 2 aromatic rings. The van der Waals surface area contributed by atoms with E-state index in [4.69, 9.17) is 4.74 Å². The number of aryl methyl sites for hydroxylation is 1. The highest BCUT2D eigenvalue weighted by Crippen LogP contribution is 2.19. The number of sulfonamides is 1. The molecule has 1 atom stereocenters. The quantitative estimate of drug-likeness (QED) is 0.825. The van der Waals surface area contributed by atoms with Crippen molar-refractivity contribution in [2.45, 2.75) is 24.8 Å². The number of nitrogens with one attached hydrogen (secondary N) is 1. The number of carbonyl (C=O) groups excluding carboxylic acids is 1. The van der Waals surface area contributed by atoms with E-state index in [1.54, 1.807) is 49.4 Å². The SMILES string of the molecule is CCOC(=O)[C@@H](NS(=O)(=O)c1ccc(C)cc1)c1ccccc1. The lowest BCUT2D eigenvalue weighted by Gasteiger charge is -2.18. The minimum atomic E-state index is -3.84. The number of ether oxygens (including phenoxy) is 1. The third-order valence-electron chi connectivity index (χ3n) is 3.26. The molecular formula is C17H19NO4S. The summed E-state index contributed by atoms with van der Waals surface area (Å²) < 4.78 is 32.5. The van der Waals surface area contributed by atoms with Crippen molar-refractivity contribution >= 4 is 16.0 Å². The highest BCUT2D eigenvalue weighted by molar-refractivity contribution is 7.89. The average molecular weight is 333 g/mol. The molecule has 0 aliphatic carbocycles. The fourth-order valence-corrected chi connectivity index (χ4v) is 3.24. The van der Waals surface area contributed by atoms with Crippen molar-refractivity contribution in [2.75, 3.05) is 6.61 Å². The van der Waals surface area contributed by atoms with Gasteiger partial charge in [0.1, 0.15) is 6.04 Å². The Hall–Kier alpha value is -2.18. The van der Waals surface area contributed by atoms with Crippen LogP contribution in [-0.2, 0) is 19.6 Å². The summed E-state index contributed by atoms with van der Waals surface area (Å²) in [7, 11) is -3.84. The van der Waals surface area contributed by atoms with Gasteiger partial charge in [0.25, 0.3) is 0 Å². The minimum Gasteiger partial charge on any atom is -0.465 e. The second-order valence-electron chi connectivity index (χ2n) is 5.03. The smallest absolute Gasteiger partial charge is 0.328 e. The van der Waals surface area contributed by atoms with Gasteiger partial charge < -0.3 is 4.74 Å². The summed E-state index contributed by atoms with van der Waals surface area (Å²) in [5.74, 6) is -0.630. The van der Waals surface area contributed by atoms with Crippen LogP contribution in [0.25, 0.3) is 0 Å². The third kappa shape index (κ3) is 4.40. The van der Waals surface area contributed by atoms with Crippen LogP contribution in [0.2, 0.25) is 0 Å². The molecule has 0 bridgehead atoms. The fraction of sp³-hybridized carbons (Fsp3) is 0.235. The molecule has 122 valence electrons. The minimum absolute atomic E-state index is 0.105. The molecule has 0 unspecified atom stereocenters. The van der Waals surface area contributed by atoms with Crippen molar-refractivity contribution in [3.8, 4) is 0 Å². The predicted molar refractivity (Wildman–Crippen MR) is 87.3 cm³/mol. The molecule has 0 saturated carbocycles. The van der Waals surface area contributed by atoms with E-state index in [1.807, 2.05) is 6.92 Å². The standard InChI is InChI=1S/C17H19NO4S/c1-3-22-17(19)16(14-7-5-4-6-8-14)18-23(20,21)15-11-9-13(2)10-12-15/h4-12,16,18H,3H2,1-2H3/t16-/m0/s1. The number of hydrogen-bond donors (Lipinski definition) is 1. The maximum absolute atomic E-state index is 12.5. The highest BCUT2D eigenvalue weighted by Gasteiger charge is 2.28. The summed E-state index contributed by atoms with van der Waals surface area (Å²) in [4.78, 5) is 12.3. The first-order valence-electron chi connectivity index (χ1n) is 7.24. The van der Waals surface area contributed by atoms with E-state index >= 15 is 0 Å². The van der Waals surface area contributed by atoms with E-state index in [-0.39, 0.29) is 11.5 Å². The molecule has 23 heavy (non-hydrogen) atoms. The highest BCUT2D eigenvalue weighted by atomic mass is 32.2. The zero-order chi connectivity index (χ0) is 16.9. The molecule has 6 heteroatoms. The van der Waals surface area contributed by atoms with Gasteiger partial charge in [-0.05, 0) is 31.5 Å². The first kappa shape index (κ1) is 17.2. The van der Waals surface area contributed by atoms with Crippen LogP contribution in [0.3, 0.4) is 0 Å². The van der Waals surface area contributed by atoms with Crippen molar-refractivity contribution in [2.24, 2.45) is 0 Å². The molecule has 2 aromatic carbocycles. The van der Waals surface area contributed by atoms with Crippen LogP contribution in [0.5, 0.6) is 0 Å². The van der Waals surface area contributed by atoms with E-state index in [1.165, 1.54) is 12.1 Å². The van der Waals surface area contributed by atoms with E-state index in [0.29, 0.717) is 5.56 Å². The van der Waals surface area contributed by atoms with E-state index in [9.17, 15) is 13.2 Å². The Labute approximate surface area is 136 Å². The fourth-order valence-electron chi connectivity index (χ4n) is 2.06. The van der Waals surface area contributed by atoms with Gasteiger partial charge in [0.05, 0.1) is 11.5 Å². The molecule has 5 nitrogen and oxygen atoms in total. The van der Waals surface area contributed by atoms with Crippen molar-refractivity contribution in [1.82, 2.24) is 4.72 Å². The summed E-state index contributed by atoms with van der Waals surface area (Å²) in [5.41, 5.74) is 1.48. The second-order valence-corrected chi connectivity index (χ2v) is 6.74. The molecular weight excluding hydrogens is 314 g/mol. The molecule has 0 aliphatic heterocycles. The zero-order valence-corrected chi connectivity index (χ0v) is 13.8. The van der Waals surface area contributed by atoms with Gasteiger partial charge in [-0.25, -0.2) is 13.2 Å². The van der Waals surface area contributed by atoms with Crippen LogP contribution in [-0.4, -0.2) is 21.0 Å². The lowest BCUT2D eigenvalue weighted by molar-refractivity contribution is -0.145. The van der Waals surface area contributed by atoms with Crippen molar-refractivity contribution in [3.05, 3.63) is 65.7 Å². The maximum atomic E-state index is 12.5. The second kappa shape index (κ2) is 7.39. The number of esters is 1. The van der Waals surface area contributed by atoms with Crippen LogP contribution in [0.1, 0.15) is 24.1 Å². The topological polar surface area (TPSA) is 72.5 Å². The summed E-state index contributed by atoms with van der Waals surface area (Å²) >= 11 is 0. The molecule has 0 radical (unpaired) electrons. The number of rotatable bonds is 6. The number of carbonyl (C=O) groups is 1. The molecule has 0 fully saturated rings. The Balaban J connectivity index is 2.33. The molecule has 1 N–H and O–H groups in total. The molecule has 2 rings (SSSR count). The number of benzene rings is 2.